The second-order valence-corrected chi connectivity index (χ2v) is 6.78. The molecule has 20 heavy (non-hydrogen) atoms. The fourth-order valence-electron chi connectivity index (χ4n) is 2.74. The van der Waals surface area contributed by atoms with Crippen LogP contribution < -0.4 is 0 Å². The van der Waals surface area contributed by atoms with E-state index < -0.39 is 0 Å². The van der Waals surface area contributed by atoms with E-state index in [-0.39, 0.29) is 12.2 Å². The van der Waals surface area contributed by atoms with Crippen LogP contribution in [0.2, 0.25) is 0 Å². The Morgan fingerprint density at radius 2 is 1.00 bits per heavy atom. The summed E-state index contributed by atoms with van der Waals surface area (Å²) in [4.78, 5) is 0. The van der Waals surface area contributed by atoms with E-state index in [0.29, 0.717) is 0 Å². The van der Waals surface area contributed by atoms with Gasteiger partial charge in [0.1, 0.15) is 25.3 Å². The number of likely N-dealkylation sites (N-methyl/N-ethyl adjacent to an activating group) is 2. The molecule has 0 aromatic carbocycles. The third-order valence-electron chi connectivity index (χ3n) is 5.38. The van der Waals surface area contributed by atoms with Crippen molar-refractivity contribution in [3.05, 3.63) is 0 Å². The quantitative estimate of drug-likeness (QED) is 0.634. The lowest BCUT2D eigenvalue weighted by atomic mass is 10.2. The van der Waals surface area contributed by atoms with E-state index in [9.17, 15) is 0 Å². The molecule has 0 aliphatic carbocycles. The molecule has 1 fully saturated rings. The number of quaternary nitrogens is 2. The molecule has 2 atom stereocenters. The van der Waals surface area contributed by atoms with E-state index >= 15 is 0 Å². The molecule has 1 rings (SSSR count). The van der Waals surface area contributed by atoms with Crippen LogP contribution in [-0.4, -0.2) is 87.8 Å². The first-order chi connectivity index (χ1) is 9.40. The minimum Gasteiger partial charge on any atom is -0.367 e. The fraction of sp³-hybridized carbons (Fsp3) is 1.00. The smallest absolute Gasteiger partial charge is 0.130 e. The van der Waals surface area contributed by atoms with Crippen LogP contribution >= 0.6 is 0 Å². The molecule has 4 nitrogen and oxygen atoms in total. The molecular formula is C16H36N2O2+2. The van der Waals surface area contributed by atoms with Crippen molar-refractivity contribution in [3.8, 4) is 0 Å². The molecule has 0 aromatic rings. The number of nitrogens with zero attached hydrogens (tertiary/aromatic N) is 2. The Labute approximate surface area is 125 Å². The molecule has 0 saturated carbocycles. The summed E-state index contributed by atoms with van der Waals surface area (Å²) in [5.74, 6) is 0. The Morgan fingerprint density at radius 3 is 1.20 bits per heavy atom. The first-order valence-electron chi connectivity index (χ1n) is 8.30. The Kier molecular flexibility index (Phi) is 6.92. The molecule has 0 N–H and O–H groups in total. The molecule has 0 aromatic heterocycles. The van der Waals surface area contributed by atoms with Gasteiger partial charge in [-0.2, -0.15) is 0 Å². The van der Waals surface area contributed by atoms with Crippen molar-refractivity contribution < 1.29 is 18.4 Å². The maximum atomic E-state index is 6.07. The molecule has 1 aliphatic rings. The lowest BCUT2D eigenvalue weighted by Crippen LogP contribution is -2.55. The lowest BCUT2D eigenvalue weighted by Gasteiger charge is -2.40. The van der Waals surface area contributed by atoms with Crippen molar-refractivity contribution >= 4 is 0 Å². The molecule has 1 heterocycles. The Bertz CT molecular complexity index is 240. The zero-order valence-corrected chi connectivity index (χ0v) is 14.5. The summed E-state index contributed by atoms with van der Waals surface area (Å²) in [6, 6.07) is 0. The molecular weight excluding hydrogens is 252 g/mol. The summed E-state index contributed by atoms with van der Waals surface area (Å²) in [6.07, 6.45) is 0.524. The van der Waals surface area contributed by atoms with Gasteiger partial charge in [0.05, 0.1) is 53.5 Å². The molecule has 1 aliphatic heterocycles. The van der Waals surface area contributed by atoms with Gasteiger partial charge in [0.25, 0.3) is 0 Å². The molecule has 0 radical (unpaired) electrons. The van der Waals surface area contributed by atoms with Gasteiger partial charge in [-0.25, -0.2) is 0 Å². The fourth-order valence-corrected chi connectivity index (χ4v) is 2.74. The highest BCUT2D eigenvalue weighted by atomic mass is 16.6. The van der Waals surface area contributed by atoms with Gasteiger partial charge in [0.15, 0.2) is 0 Å². The van der Waals surface area contributed by atoms with Crippen LogP contribution in [0.15, 0.2) is 0 Å². The minimum atomic E-state index is 0.262. The minimum absolute atomic E-state index is 0.262. The van der Waals surface area contributed by atoms with Crippen LogP contribution in [0, 0.1) is 0 Å². The summed E-state index contributed by atoms with van der Waals surface area (Å²) in [5.41, 5.74) is 0. The van der Waals surface area contributed by atoms with E-state index in [1.807, 2.05) is 0 Å². The summed E-state index contributed by atoms with van der Waals surface area (Å²) in [6.45, 7) is 17.3. The summed E-state index contributed by atoms with van der Waals surface area (Å²) in [5, 5.41) is 0. The largest absolute Gasteiger partial charge is 0.367 e. The normalized spacial score (nSPS) is 24.9. The Hall–Kier alpha value is -0.160. The van der Waals surface area contributed by atoms with E-state index in [4.69, 9.17) is 9.47 Å². The number of hydrogen-bond donors (Lipinski definition) is 0. The van der Waals surface area contributed by atoms with Gasteiger partial charge < -0.3 is 18.4 Å². The third-order valence-corrected chi connectivity index (χ3v) is 5.38. The molecule has 120 valence electrons. The first-order valence-corrected chi connectivity index (χ1v) is 8.30. The Morgan fingerprint density at radius 1 is 0.700 bits per heavy atom. The summed E-state index contributed by atoms with van der Waals surface area (Å²) >= 11 is 0. The van der Waals surface area contributed by atoms with Crippen LogP contribution in [0.5, 0.6) is 0 Å². The predicted molar refractivity (Wildman–Crippen MR) is 83.7 cm³/mol. The van der Waals surface area contributed by atoms with Crippen molar-refractivity contribution in [2.45, 2.75) is 39.9 Å². The number of rotatable bonds is 8. The highest BCUT2D eigenvalue weighted by Crippen LogP contribution is 2.15. The average Bonchev–Trinajstić information content (AvgIpc) is 2.49. The highest BCUT2D eigenvalue weighted by Gasteiger charge is 2.32. The van der Waals surface area contributed by atoms with Crippen molar-refractivity contribution in [1.82, 2.24) is 0 Å². The van der Waals surface area contributed by atoms with Crippen LogP contribution in [0.25, 0.3) is 0 Å². The van der Waals surface area contributed by atoms with Gasteiger partial charge in [-0.15, -0.1) is 0 Å². The van der Waals surface area contributed by atoms with Gasteiger partial charge in [0.2, 0.25) is 0 Å². The second-order valence-electron chi connectivity index (χ2n) is 6.78. The van der Waals surface area contributed by atoms with Crippen molar-refractivity contribution in [2.75, 3.05) is 66.6 Å². The monoisotopic (exact) mass is 288 g/mol. The zero-order chi connectivity index (χ0) is 15.2. The maximum Gasteiger partial charge on any atom is 0.130 e. The Balaban J connectivity index is 2.40. The molecule has 0 bridgehead atoms. The first kappa shape index (κ1) is 17.9. The SMILES string of the molecule is CC[N+](C)(CC)C[C@H]1CO[C@@H](C[N+](C)(CC)CC)CO1. The van der Waals surface area contributed by atoms with Gasteiger partial charge in [-0.05, 0) is 27.7 Å². The van der Waals surface area contributed by atoms with Crippen molar-refractivity contribution in [2.24, 2.45) is 0 Å². The van der Waals surface area contributed by atoms with E-state index in [1.165, 1.54) is 0 Å². The van der Waals surface area contributed by atoms with Gasteiger partial charge in [-0.3, -0.25) is 0 Å². The van der Waals surface area contributed by atoms with E-state index in [2.05, 4.69) is 41.8 Å². The van der Waals surface area contributed by atoms with Crippen LogP contribution in [-0.2, 0) is 9.47 Å². The van der Waals surface area contributed by atoms with Crippen LogP contribution in [0.1, 0.15) is 27.7 Å². The van der Waals surface area contributed by atoms with Crippen molar-refractivity contribution in [1.29, 1.82) is 0 Å². The van der Waals surface area contributed by atoms with E-state index in [0.717, 1.165) is 61.4 Å². The maximum absolute atomic E-state index is 6.07. The predicted octanol–water partition coefficient (Wildman–Crippen LogP) is 1.74. The topological polar surface area (TPSA) is 18.5 Å². The molecule has 0 spiro atoms. The second kappa shape index (κ2) is 7.74. The standard InChI is InChI=1S/C16H36N2O2/c1-7-17(5,8-2)11-15-13-20-16(14-19-15)12-18(6,9-3)10-4/h15-16H,7-14H2,1-6H3/q+2/t15-,16-/m0/s1. The molecule has 1 saturated heterocycles. The number of ether oxygens (including phenoxy) is 2. The molecule has 0 amide bonds. The van der Waals surface area contributed by atoms with Gasteiger partial charge >= 0.3 is 0 Å². The molecule has 4 heteroatoms. The summed E-state index contributed by atoms with van der Waals surface area (Å²) in [7, 11) is 4.61. The van der Waals surface area contributed by atoms with Gasteiger partial charge in [-0.1, -0.05) is 0 Å². The van der Waals surface area contributed by atoms with Gasteiger partial charge in [0, 0.05) is 0 Å². The van der Waals surface area contributed by atoms with Crippen LogP contribution in [0.3, 0.4) is 0 Å². The summed E-state index contributed by atoms with van der Waals surface area (Å²) < 4.78 is 14.3. The molecule has 0 unspecified atom stereocenters. The third kappa shape index (κ3) is 4.99. The zero-order valence-electron chi connectivity index (χ0n) is 14.5. The van der Waals surface area contributed by atoms with Crippen LogP contribution in [0.4, 0.5) is 0 Å². The number of hydrogen-bond acceptors (Lipinski definition) is 2. The average molecular weight is 288 g/mol. The van der Waals surface area contributed by atoms with E-state index in [1.54, 1.807) is 0 Å². The highest BCUT2D eigenvalue weighted by molar-refractivity contribution is 4.68. The van der Waals surface area contributed by atoms with Crippen molar-refractivity contribution in [3.63, 3.8) is 0 Å². The lowest BCUT2D eigenvalue weighted by molar-refractivity contribution is -0.912.